The van der Waals surface area contributed by atoms with Crippen molar-refractivity contribution in [3.05, 3.63) is 35.7 Å². The summed E-state index contributed by atoms with van der Waals surface area (Å²) in [6.07, 6.45) is 1.38. The fraction of sp³-hybridized carbons (Fsp3) is 0.286. The molecule has 21 heavy (non-hydrogen) atoms. The Morgan fingerprint density at radius 3 is 2.90 bits per heavy atom. The quantitative estimate of drug-likeness (QED) is 0.873. The Bertz CT molecular complexity index is 684. The van der Waals surface area contributed by atoms with E-state index in [4.69, 9.17) is 14.6 Å². The zero-order chi connectivity index (χ0) is 14.8. The number of hydrogen-bond donors (Lipinski definition) is 1. The molecule has 0 bridgehead atoms. The van der Waals surface area contributed by atoms with Crippen molar-refractivity contribution in [2.24, 2.45) is 7.05 Å². The monoisotopic (exact) mass is 306 g/mol. The number of benzene rings is 1. The van der Waals surface area contributed by atoms with Crippen LogP contribution in [0.4, 0.5) is 0 Å². The van der Waals surface area contributed by atoms with Gasteiger partial charge in [0, 0.05) is 17.7 Å². The van der Waals surface area contributed by atoms with Crippen LogP contribution in [0.2, 0.25) is 0 Å². The molecule has 1 N–H and O–H groups in total. The van der Waals surface area contributed by atoms with Gasteiger partial charge in [-0.3, -0.25) is 4.68 Å². The van der Waals surface area contributed by atoms with Crippen molar-refractivity contribution >= 4 is 17.7 Å². The summed E-state index contributed by atoms with van der Waals surface area (Å²) in [6.45, 7) is 1.11. The lowest BCUT2D eigenvalue weighted by Crippen LogP contribution is -2.15. The first-order valence-electron chi connectivity index (χ1n) is 6.42. The Labute approximate surface area is 125 Å². The highest BCUT2D eigenvalue weighted by Gasteiger charge is 2.16. The summed E-state index contributed by atoms with van der Waals surface area (Å²) in [6, 6.07) is 5.73. The maximum atomic E-state index is 11.1. The van der Waals surface area contributed by atoms with Crippen molar-refractivity contribution in [2.45, 2.75) is 10.6 Å². The molecule has 0 aliphatic carbocycles. The molecule has 0 saturated carbocycles. The average molecular weight is 306 g/mol. The zero-order valence-electron chi connectivity index (χ0n) is 11.4. The van der Waals surface area contributed by atoms with E-state index in [2.05, 4.69) is 5.10 Å². The van der Waals surface area contributed by atoms with E-state index in [9.17, 15) is 4.79 Å². The van der Waals surface area contributed by atoms with Crippen LogP contribution < -0.4 is 9.47 Å². The van der Waals surface area contributed by atoms with Crippen molar-refractivity contribution < 1.29 is 19.4 Å². The molecular formula is C14H14N2O4S. The fourth-order valence-electron chi connectivity index (χ4n) is 2.08. The Morgan fingerprint density at radius 2 is 2.14 bits per heavy atom. The van der Waals surface area contributed by atoms with Crippen LogP contribution in [0.5, 0.6) is 11.5 Å². The van der Waals surface area contributed by atoms with E-state index < -0.39 is 5.97 Å². The summed E-state index contributed by atoms with van der Waals surface area (Å²) < 4.78 is 12.6. The first kappa shape index (κ1) is 13.8. The number of ether oxygens (including phenoxy) is 2. The van der Waals surface area contributed by atoms with Gasteiger partial charge in [0.15, 0.2) is 11.5 Å². The van der Waals surface area contributed by atoms with Gasteiger partial charge in [-0.1, -0.05) is 0 Å². The van der Waals surface area contributed by atoms with E-state index in [0.29, 0.717) is 24.7 Å². The van der Waals surface area contributed by atoms with E-state index in [-0.39, 0.29) is 5.56 Å². The first-order valence-corrected chi connectivity index (χ1v) is 7.40. The second-order valence-corrected chi connectivity index (χ2v) is 5.58. The number of nitrogens with zero attached hydrogens (tertiary/aromatic N) is 2. The maximum absolute atomic E-state index is 11.1. The lowest BCUT2D eigenvalue weighted by Gasteiger charge is -2.18. The van der Waals surface area contributed by atoms with Crippen molar-refractivity contribution in [1.82, 2.24) is 9.78 Å². The van der Waals surface area contributed by atoms with Crippen LogP contribution in [-0.2, 0) is 12.8 Å². The van der Waals surface area contributed by atoms with E-state index in [1.807, 2.05) is 18.2 Å². The molecule has 0 fully saturated rings. The molecule has 0 spiro atoms. The molecule has 0 radical (unpaired) electrons. The Kier molecular flexibility index (Phi) is 3.74. The number of fused-ring (bicyclic) bond motifs is 1. The standard InChI is InChI=1S/C14H14N2O4S/c1-16-11(10(7-15-16)14(17)18)8-21-9-2-3-12-13(6-9)20-5-4-19-12/h2-3,6-7H,4-5,8H2,1H3,(H,17,18). The van der Waals surface area contributed by atoms with Crippen LogP contribution in [-0.4, -0.2) is 34.1 Å². The first-order chi connectivity index (χ1) is 10.1. The summed E-state index contributed by atoms with van der Waals surface area (Å²) in [5.41, 5.74) is 0.921. The van der Waals surface area contributed by atoms with Crippen LogP contribution in [0.25, 0.3) is 0 Å². The molecule has 1 aromatic carbocycles. The number of carboxylic acids is 1. The zero-order valence-corrected chi connectivity index (χ0v) is 12.2. The van der Waals surface area contributed by atoms with E-state index in [1.54, 1.807) is 11.7 Å². The Morgan fingerprint density at radius 1 is 1.38 bits per heavy atom. The molecule has 1 aromatic heterocycles. The second-order valence-electron chi connectivity index (χ2n) is 4.53. The van der Waals surface area contributed by atoms with E-state index in [1.165, 1.54) is 18.0 Å². The highest BCUT2D eigenvalue weighted by molar-refractivity contribution is 7.98. The highest BCUT2D eigenvalue weighted by Crippen LogP contribution is 2.35. The largest absolute Gasteiger partial charge is 0.486 e. The topological polar surface area (TPSA) is 73.6 Å². The molecule has 3 rings (SSSR count). The van der Waals surface area contributed by atoms with E-state index in [0.717, 1.165) is 16.4 Å². The molecule has 6 nitrogen and oxygen atoms in total. The van der Waals surface area contributed by atoms with Crippen molar-refractivity contribution in [3.8, 4) is 11.5 Å². The number of aromatic carboxylic acids is 1. The minimum Gasteiger partial charge on any atom is -0.486 e. The summed E-state index contributed by atoms with van der Waals surface area (Å²) >= 11 is 1.54. The third kappa shape index (κ3) is 2.82. The fourth-order valence-corrected chi connectivity index (χ4v) is 3.08. The number of aryl methyl sites for hydroxylation is 1. The number of carbonyl (C=O) groups is 1. The van der Waals surface area contributed by atoms with Gasteiger partial charge in [-0.2, -0.15) is 5.10 Å². The smallest absolute Gasteiger partial charge is 0.339 e. The van der Waals surface area contributed by atoms with Crippen LogP contribution in [0.15, 0.2) is 29.3 Å². The number of thioether (sulfide) groups is 1. The molecule has 2 aromatic rings. The third-order valence-corrected chi connectivity index (χ3v) is 4.19. The van der Waals surface area contributed by atoms with E-state index >= 15 is 0 Å². The van der Waals surface area contributed by atoms with Gasteiger partial charge in [0.05, 0.1) is 11.9 Å². The minimum atomic E-state index is -0.958. The highest BCUT2D eigenvalue weighted by atomic mass is 32.2. The number of carboxylic acid groups (broad SMARTS) is 1. The number of aromatic nitrogens is 2. The van der Waals surface area contributed by atoms with Crippen molar-refractivity contribution in [1.29, 1.82) is 0 Å². The third-order valence-electron chi connectivity index (χ3n) is 3.18. The van der Waals surface area contributed by atoms with Gasteiger partial charge in [0.2, 0.25) is 0 Å². The second kappa shape index (κ2) is 5.69. The van der Waals surface area contributed by atoms with Crippen molar-refractivity contribution in [3.63, 3.8) is 0 Å². The molecule has 1 aliphatic rings. The molecule has 0 atom stereocenters. The van der Waals surface area contributed by atoms with Gasteiger partial charge in [0.1, 0.15) is 18.8 Å². The summed E-state index contributed by atoms with van der Waals surface area (Å²) in [7, 11) is 1.74. The van der Waals surface area contributed by atoms with Crippen LogP contribution in [0.1, 0.15) is 16.1 Å². The normalized spacial score (nSPS) is 13.2. The molecule has 0 saturated heterocycles. The van der Waals surface area contributed by atoms with Gasteiger partial charge in [0.25, 0.3) is 0 Å². The van der Waals surface area contributed by atoms with Gasteiger partial charge >= 0.3 is 5.97 Å². The van der Waals surface area contributed by atoms with Gasteiger partial charge in [-0.25, -0.2) is 4.79 Å². The predicted molar refractivity (Wildman–Crippen MR) is 77.2 cm³/mol. The Balaban J connectivity index is 1.76. The lowest BCUT2D eigenvalue weighted by molar-refractivity contribution is 0.0696. The number of rotatable bonds is 4. The predicted octanol–water partition coefficient (Wildman–Crippen LogP) is 2.18. The van der Waals surface area contributed by atoms with Crippen LogP contribution >= 0.6 is 11.8 Å². The summed E-state index contributed by atoms with van der Waals surface area (Å²) in [5.74, 6) is 1.05. The van der Waals surface area contributed by atoms with Gasteiger partial charge < -0.3 is 14.6 Å². The van der Waals surface area contributed by atoms with Gasteiger partial charge in [-0.05, 0) is 18.2 Å². The molecule has 0 amide bonds. The minimum absolute atomic E-state index is 0.238. The summed E-state index contributed by atoms with van der Waals surface area (Å²) in [4.78, 5) is 12.1. The molecule has 7 heteroatoms. The average Bonchev–Trinajstić information content (AvgIpc) is 2.86. The molecule has 0 unspecified atom stereocenters. The number of hydrogen-bond acceptors (Lipinski definition) is 5. The lowest BCUT2D eigenvalue weighted by atomic mass is 10.3. The van der Waals surface area contributed by atoms with Crippen molar-refractivity contribution in [2.75, 3.05) is 13.2 Å². The summed E-state index contributed by atoms with van der Waals surface area (Å²) in [5, 5.41) is 13.1. The van der Waals surface area contributed by atoms with Crippen LogP contribution in [0, 0.1) is 0 Å². The van der Waals surface area contributed by atoms with Crippen LogP contribution in [0.3, 0.4) is 0 Å². The molecule has 1 aliphatic heterocycles. The molecular weight excluding hydrogens is 292 g/mol. The Hall–Kier alpha value is -2.15. The maximum Gasteiger partial charge on any atom is 0.339 e. The molecule has 2 heterocycles. The SMILES string of the molecule is Cn1ncc(C(=O)O)c1CSc1ccc2c(c1)OCCO2. The van der Waals surface area contributed by atoms with Gasteiger partial charge in [-0.15, -0.1) is 11.8 Å². The molecule has 110 valence electrons.